The van der Waals surface area contributed by atoms with E-state index < -0.39 is 18.3 Å². The van der Waals surface area contributed by atoms with Crippen molar-refractivity contribution in [3.05, 3.63) is 35.9 Å². The number of ether oxygens (including phenoxy) is 1. The van der Waals surface area contributed by atoms with E-state index in [-0.39, 0.29) is 0 Å². The minimum Gasteiger partial charge on any atom is -0.375 e. The lowest BCUT2D eigenvalue weighted by Crippen LogP contribution is -2.16. The summed E-state index contributed by atoms with van der Waals surface area (Å²) in [5, 5.41) is 0. The first-order valence-electron chi connectivity index (χ1n) is 5.02. The van der Waals surface area contributed by atoms with Crippen LogP contribution in [0.4, 0.5) is 0 Å². The summed E-state index contributed by atoms with van der Waals surface area (Å²) in [5.41, 5.74) is 0.909. The lowest BCUT2D eigenvalue weighted by molar-refractivity contribution is 0.108. The first-order valence-corrected chi connectivity index (χ1v) is 7.54. The average Bonchev–Trinajstić information content (AvgIpc) is 2.39. The Bertz CT molecular complexity index is 376. The standard InChI is InChI=1S/C11H16BrO4P/c1-14-10(9-7-5-4-6-8-9)11(12)17(13,15-2)16-3/h4-8,10-11H,1-3H3/t10-,11+/m0/s1. The number of hydrogen-bond acceptors (Lipinski definition) is 4. The van der Waals surface area contributed by atoms with Gasteiger partial charge in [-0.15, -0.1) is 0 Å². The third kappa shape index (κ3) is 3.39. The van der Waals surface area contributed by atoms with Crippen LogP contribution in [0.2, 0.25) is 0 Å². The summed E-state index contributed by atoms with van der Waals surface area (Å²) < 4.78 is 27.0. The predicted octanol–water partition coefficient (Wildman–Crippen LogP) is 3.58. The van der Waals surface area contributed by atoms with Gasteiger partial charge in [-0.1, -0.05) is 46.3 Å². The lowest BCUT2D eigenvalue weighted by Gasteiger charge is -2.26. The van der Waals surface area contributed by atoms with Gasteiger partial charge in [-0.3, -0.25) is 4.57 Å². The van der Waals surface area contributed by atoms with Crippen LogP contribution >= 0.6 is 23.5 Å². The minimum absolute atomic E-state index is 0.401. The SMILES string of the molecule is CO[C@@H](c1ccccc1)[C@H](Br)P(=O)(OC)OC. The first-order chi connectivity index (χ1) is 8.09. The smallest absolute Gasteiger partial charge is 0.346 e. The summed E-state index contributed by atoms with van der Waals surface area (Å²) in [7, 11) is 1.05. The monoisotopic (exact) mass is 322 g/mol. The van der Waals surface area contributed by atoms with E-state index in [0.29, 0.717) is 0 Å². The summed E-state index contributed by atoms with van der Waals surface area (Å²) in [5.74, 6) is 0. The molecule has 4 nitrogen and oxygen atoms in total. The molecule has 0 aliphatic rings. The summed E-state index contributed by atoms with van der Waals surface area (Å²) in [6.45, 7) is 0. The van der Waals surface area contributed by atoms with Crippen LogP contribution in [0.15, 0.2) is 30.3 Å². The van der Waals surface area contributed by atoms with Crippen LogP contribution in [-0.4, -0.2) is 25.9 Å². The molecule has 1 aromatic rings. The molecule has 0 saturated carbocycles. The van der Waals surface area contributed by atoms with E-state index in [0.717, 1.165) is 5.56 Å². The Labute approximate surface area is 110 Å². The van der Waals surface area contributed by atoms with Gasteiger partial charge in [-0.25, -0.2) is 0 Å². The second-order valence-electron chi connectivity index (χ2n) is 3.34. The zero-order chi connectivity index (χ0) is 12.9. The summed E-state index contributed by atoms with van der Waals surface area (Å²) >= 11 is 3.35. The van der Waals surface area contributed by atoms with Crippen molar-refractivity contribution in [2.24, 2.45) is 0 Å². The fourth-order valence-electron chi connectivity index (χ4n) is 1.49. The normalized spacial score (nSPS) is 15.5. The Morgan fingerprint density at radius 1 is 1.12 bits per heavy atom. The fraction of sp³-hybridized carbons (Fsp3) is 0.455. The predicted molar refractivity (Wildman–Crippen MR) is 70.5 cm³/mol. The van der Waals surface area contributed by atoms with Gasteiger partial charge in [-0.2, -0.15) is 0 Å². The molecule has 0 N–H and O–H groups in total. The van der Waals surface area contributed by atoms with Gasteiger partial charge in [0, 0.05) is 21.3 Å². The van der Waals surface area contributed by atoms with Crippen molar-refractivity contribution in [3.8, 4) is 0 Å². The van der Waals surface area contributed by atoms with Crippen molar-refractivity contribution in [1.29, 1.82) is 0 Å². The van der Waals surface area contributed by atoms with Gasteiger partial charge in [-0.05, 0) is 5.56 Å². The number of hydrogen-bond donors (Lipinski definition) is 0. The number of rotatable bonds is 6. The molecule has 1 rings (SSSR count). The zero-order valence-corrected chi connectivity index (χ0v) is 12.5. The highest BCUT2D eigenvalue weighted by Gasteiger charge is 2.39. The molecule has 0 saturated heterocycles. The van der Waals surface area contributed by atoms with Crippen LogP contribution in [0.1, 0.15) is 11.7 Å². The molecule has 17 heavy (non-hydrogen) atoms. The molecular weight excluding hydrogens is 307 g/mol. The van der Waals surface area contributed by atoms with Crippen LogP contribution in [-0.2, 0) is 18.3 Å². The average molecular weight is 323 g/mol. The molecular formula is C11H16BrO4P. The van der Waals surface area contributed by atoms with Gasteiger partial charge in [0.15, 0.2) is 0 Å². The van der Waals surface area contributed by atoms with Crippen molar-refractivity contribution >= 4 is 23.5 Å². The van der Waals surface area contributed by atoms with Crippen LogP contribution in [0, 0.1) is 0 Å². The summed E-state index contributed by atoms with van der Waals surface area (Å²) in [6.07, 6.45) is -0.401. The highest BCUT2D eigenvalue weighted by atomic mass is 79.9. The first kappa shape index (κ1) is 14.9. The molecule has 0 aliphatic carbocycles. The van der Waals surface area contributed by atoms with E-state index in [1.54, 1.807) is 7.11 Å². The maximum absolute atomic E-state index is 12.3. The molecule has 0 aliphatic heterocycles. The van der Waals surface area contributed by atoms with Gasteiger partial charge in [0.2, 0.25) is 0 Å². The Morgan fingerprint density at radius 2 is 1.65 bits per heavy atom. The number of benzene rings is 1. The second-order valence-corrected chi connectivity index (χ2v) is 7.41. The third-order valence-electron chi connectivity index (χ3n) is 2.44. The molecule has 0 radical (unpaired) electrons. The number of alkyl halides is 1. The van der Waals surface area contributed by atoms with Crippen LogP contribution in [0.25, 0.3) is 0 Å². The fourth-order valence-corrected chi connectivity index (χ4v) is 4.19. The van der Waals surface area contributed by atoms with Crippen molar-refractivity contribution in [2.75, 3.05) is 21.3 Å². The van der Waals surface area contributed by atoms with E-state index in [9.17, 15) is 4.57 Å². The molecule has 6 heteroatoms. The van der Waals surface area contributed by atoms with Gasteiger partial charge < -0.3 is 13.8 Å². The van der Waals surface area contributed by atoms with E-state index in [4.69, 9.17) is 13.8 Å². The maximum atomic E-state index is 12.3. The molecule has 96 valence electrons. The summed E-state index contributed by atoms with van der Waals surface area (Å²) in [4.78, 5) is 0. The lowest BCUT2D eigenvalue weighted by atomic mass is 10.1. The largest absolute Gasteiger partial charge is 0.375 e. The quantitative estimate of drug-likeness (QED) is 0.593. The molecule has 0 spiro atoms. The Hall–Kier alpha value is -0.190. The van der Waals surface area contributed by atoms with Crippen LogP contribution < -0.4 is 0 Å². The van der Waals surface area contributed by atoms with Gasteiger partial charge in [0.1, 0.15) is 10.7 Å². The Kier molecular flexibility index (Phi) is 5.83. The van der Waals surface area contributed by atoms with Crippen molar-refractivity contribution in [3.63, 3.8) is 0 Å². The molecule has 0 bridgehead atoms. The molecule has 0 heterocycles. The van der Waals surface area contributed by atoms with E-state index >= 15 is 0 Å². The highest BCUT2D eigenvalue weighted by molar-refractivity contribution is 9.10. The van der Waals surface area contributed by atoms with Crippen molar-refractivity contribution < 1.29 is 18.3 Å². The molecule has 1 aromatic carbocycles. The maximum Gasteiger partial charge on any atom is 0.346 e. The molecule has 0 fully saturated rings. The number of methoxy groups -OCH3 is 1. The Morgan fingerprint density at radius 3 is 2.06 bits per heavy atom. The van der Waals surface area contributed by atoms with E-state index in [2.05, 4.69) is 15.9 Å². The zero-order valence-electron chi connectivity index (χ0n) is 10.00. The van der Waals surface area contributed by atoms with E-state index in [1.807, 2.05) is 30.3 Å². The van der Waals surface area contributed by atoms with Gasteiger partial charge >= 0.3 is 7.60 Å². The topological polar surface area (TPSA) is 44.8 Å². The van der Waals surface area contributed by atoms with E-state index in [1.165, 1.54) is 14.2 Å². The minimum atomic E-state index is -3.22. The molecule has 0 aromatic heterocycles. The molecule has 0 unspecified atom stereocenters. The summed E-state index contributed by atoms with van der Waals surface area (Å²) in [6, 6.07) is 9.50. The molecule has 0 amide bonds. The molecule has 2 atom stereocenters. The number of halogens is 1. The van der Waals surface area contributed by atoms with Crippen molar-refractivity contribution in [2.45, 2.75) is 10.7 Å². The third-order valence-corrected chi connectivity index (χ3v) is 6.32. The highest BCUT2D eigenvalue weighted by Crippen LogP contribution is 2.58. The second kappa shape index (κ2) is 6.66. The Balaban J connectivity index is 3.00. The van der Waals surface area contributed by atoms with Crippen LogP contribution in [0.3, 0.4) is 0 Å². The van der Waals surface area contributed by atoms with Gasteiger partial charge in [0.05, 0.1) is 0 Å². The van der Waals surface area contributed by atoms with Crippen molar-refractivity contribution in [1.82, 2.24) is 0 Å². The van der Waals surface area contributed by atoms with Gasteiger partial charge in [0.25, 0.3) is 0 Å². The van der Waals surface area contributed by atoms with Crippen LogP contribution in [0.5, 0.6) is 0 Å².